The molecule has 0 radical (unpaired) electrons. The zero-order valence-electron chi connectivity index (χ0n) is 16.0. The van der Waals surface area contributed by atoms with Crippen molar-refractivity contribution in [2.24, 2.45) is 0 Å². The van der Waals surface area contributed by atoms with Gasteiger partial charge < -0.3 is 5.32 Å². The van der Waals surface area contributed by atoms with Crippen molar-refractivity contribution in [3.05, 3.63) is 66.5 Å². The Morgan fingerprint density at radius 1 is 1.11 bits per heavy atom. The number of carbonyl (C=O) groups is 1. The molecule has 140 valence electrons. The summed E-state index contributed by atoms with van der Waals surface area (Å²) in [7, 11) is 0. The largest absolute Gasteiger partial charge is 0.310 e. The summed E-state index contributed by atoms with van der Waals surface area (Å²) in [4.78, 5) is 18.2. The van der Waals surface area contributed by atoms with Crippen molar-refractivity contribution < 1.29 is 4.79 Å². The molecule has 0 aliphatic heterocycles. The molecular weight excluding hydrogens is 356 g/mol. The second-order valence-corrected chi connectivity index (χ2v) is 8.74. The van der Waals surface area contributed by atoms with Crippen LogP contribution in [-0.4, -0.2) is 25.9 Å². The van der Waals surface area contributed by atoms with E-state index in [0.29, 0.717) is 11.6 Å². The van der Waals surface area contributed by atoms with E-state index in [1.54, 1.807) is 10.9 Å². The maximum atomic E-state index is 12.8. The molecule has 0 spiro atoms. The number of thioether (sulfide) groups is 1. The van der Waals surface area contributed by atoms with Gasteiger partial charge in [-0.05, 0) is 31.2 Å². The van der Waals surface area contributed by atoms with Gasteiger partial charge in [0.25, 0.3) is 0 Å². The highest BCUT2D eigenvalue weighted by Crippen LogP contribution is 2.27. The highest BCUT2D eigenvalue weighted by molar-refractivity contribution is 8.00. The van der Waals surface area contributed by atoms with E-state index in [1.165, 1.54) is 11.8 Å². The molecule has 1 atom stereocenters. The lowest BCUT2D eigenvalue weighted by atomic mass is 9.92. The second kappa shape index (κ2) is 7.96. The van der Waals surface area contributed by atoms with Crippen molar-refractivity contribution >= 4 is 23.5 Å². The maximum absolute atomic E-state index is 12.8. The first kappa shape index (κ1) is 19.2. The molecule has 1 aromatic carbocycles. The molecule has 1 N–H and O–H groups in total. The number of anilines is 1. The smallest absolute Gasteiger partial charge is 0.238 e. The molecule has 2 aromatic heterocycles. The number of pyridine rings is 1. The third-order valence-electron chi connectivity index (χ3n) is 4.02. The Morgan fingerprint density at radius 3 is 2.44 bits per heavy atom. The van der Waals surface area contributed by atoms with Crippen LogP contribution in [0.5, 0.6) is 0 Å². The molecule has 0 saturated heterocycles. The summed E-state index contributed by atoms with van der Waals surface area (Å²) < 4.78 is 1.69. The van der Waals surface area contributed by atoms with Crippen LogP contribution in [-0.2, 0) is 10.2 Å². The van der Waals surface area contributed by atoms with Gasteiger partial charge in [-0.1, -0.05) is 45.0 Å². The van der Waals surface area contributed by atoms with Crippen LogP contribution in [0.15, 0.2) is 65.7 Å². The first-order valence-electron chi connectivity index (χ1n) is 8.89. The fraction of sp³-hybridized carbons (Fsp3) is 0.286. The number of nitrogens with zero attached hydrogens (tertiary/aromatic N) is 3. The van der Waals surface area contributed by atoms with Gasteiger partial charge in [0.2, 0.25) is 5.91 Å². The minimum absolute atomic E-state index is 0.0682. The van der Waals surface area contributed by atoms with Crippen molar-refractivity contribution in [2.75, 3.05) is 5.32 Å². The third kappa shape index (κ3) is 4.77. The normalized spacial score (nSPS) is 12.6. The molecule has 0 aliphatic carbocycles. The van der Waals surface area contributed by atoms with Crippen molar-refractivity contribution in [1.82, 2.24) is 14.8 Å². The average molecular weight is 381 g/mol. The van der Waals surface area contributed by atoms with Crippen LogP contribution < -0.4 is 5.32 Å². The average Bonchev–Trinajstić information content (AvgIpc) is 3.07. The lowest BCUT2D eigenvalue weighted by Crippen LogP contribution is -2.24. The summed E-state index contributed by atoms with van der Waals surface area (Å²) in [6.45, 7) is 8.19. The van der Waals surface area contributed by atoms with E-state index < -0.39 is 0 Å². The van der Waals surface area contributed by atoms with E-state index in [9.17, 15) is 4.79 Å². The quantitative estimate of drug-likeness (QED) is 0.653. The van der Waals surface area contributed by atoms with E-state index >= 15 is 0 Å². The number of benzene rings is 1. The molecule has 5 nitrogen and oxygen atoms in total. The van der Waals surface area contributed by atoms with Crippen LogP contribution >= 0.6 is 11.8 Å². The Hall–Kier alpha value is -2.60. The van der Waals surface area contributed by atoms with Gasteiger partial charge >= 0.3 is 0 Å². The Labute approximate surface area is 164 Å². The SMILES string of the molecule is CC(Sc1ccccc1)C(=O)Nc1cc(C(C)(C)C)nn1-c1ccccn1. The number of amides is 1. The zero-order chi connectivity index (χ0) is 19.4. The number of nitrogens with one attached hydrogen (secondary N) is 1. The van der Waals surface area contributed by atoms with Gasteiger partial charge in [-0.25, -0.2) is 4.98 Å². The van der Waals surface area contributed by atoms with Crippen molar-refractivity contribution in [2.45, 2.75) is 43.3 Å². The molecule has 0 saturated carbocycles. The Bertz CT molecular complexity index is 901. The van der Waals surface area contributed by atoms with E-state index in [0.717, 1.165) is 10.6 Å². The predicted octanol–water partition coefficient (Wildman–Crippen LogP) is 4.68. The lowest BCUT2D eigenvalue weighted by Gasteiger charge is -2.13. The molecule has 0 fully saturated rings. The molecule has 2 heterocycles. The topological polar surface area (TPSA) is 59.8 Å². The summed E-state index contributed by atoms with van der Waals surface area (Å²) in [6.07, 6.45) is 1.72. The van der Waals surface area contributed by atoms with Gasteiger partial charge in [0.1, 0.15) is 5.82 Å². The molecule has 0 bridgehead atoms. The molecule has 6 heteroatoms. The Morgan fingerprint density at radius 2 is 1.81 bits per heavy atom. The van der Waals surface area contributed by atoms with Crippen LogP contribution in [0.3, 0.4) is 0 Å². The fourth-order valence-corrected chi connectivity index (χ4v) is 3.36. The summed E-state index contributed by atoms with van der Waals surface area (Å²) in [5, 5.41) is 7.46. The number of hydrogen-bond acceptors (Lipinski definition) is 4. The van der Waals surface area contributed by atoms with E-state index in [1.807, 2.05) is 61.5 Å². The molecule has 0 aliphatic rings. The minimum Gasteiger partial charge on any atom is -0.310 e. The number of aromatic nitrogens is 3. The Balaban J connectivity index is 1.84. The summed E-state index contributed by atoms with van der Waals surface area (Å²) >= 11 is 1.53. The first-order valence-corrected chi connectivity index (χ1v) is 9.77. The Kier molecular flexibility index (Phi) is 5.65. The van der Waals surface area contributed by atoms with Gasteiger partial charge in [-0.15, -0.1) is 11.8 Å². The van der Waals surface area contributed by atoms with Crippen molar-refractivity contribution in [3.63, 3.8) is 0 Å². The fourth-order valence-electron chi connectivity index (χ4n) is 2.47. The highest BCUT2D eigenvalue weighted by Gasteiger charge is 2.23. The van der Waals surface area contributed by atoms with Gasteiger partial charge in [0, 0.05) is 22.6 Å². The number of rotatable bonds is 5. The van der Waals surface area contributed by atoms with Crippen LogP contribution in [0, 0.1) is 0 Å². The minimum atomic E-state index is -0.238. The van der Waals surface area contributed by atoms with Crippen molar-refractivity contribution in [3.8, 4) is 5.82 Å². The molecule has 1 amide bonds. The molecular formula is C21H24N4OS. The van der Waals surface area contributed by atoms with E-state index in [4.69, 9.17) is 0 Å². The molecule has 1 unspecified atom stereocenters. The van der Waals surface area contributed by atoms with E-state index in [2.05, 4.69) is 36.2 Å². The van der Waals surface area contributed by atoms with Crippen LogP contribution in [0.25, 0.3) is 5.82 Å². The summed E-state index contributed by atoms with van der Waals surface area (Å²) in [6, 6.07) is 17.5. The van der Waals surface area contributed by atoms with Gasteiger partial charge in [-0.2, -0.15) is 9.78 Å². The van der Waals surface area contributed by atoms with Crippen LogP contribution in [0.1, 0.15) is 33.4 Å². The predicted molar refractivity (Wildman–Crippen MR) is 110 cm³/mol. The highest BCUT2D eigenvalue weighted by atomic mass is 32.2. The summed E-state index contributed by atoms with van der Waals surface area (Å²) in [5.74, 6) is 1.23. The van der Waals surface area contributed by atoms with Gasteiger partial charge in [0.15, 0.2) is 5.82 Å². The monoisotopic (exact) mass is 380 g/mol. The second-order valence-electron chi connectivity index (χ2n) is 7.33. The lowest BCUT2D eigenvalue weighted by molar-refractivity contribution is -0.115. The third-order valence-corrected chi connectivity index (χ3v) is 5.13. The first-order chi connectivity index (χ1) is 12.8. The number of carbonyl (C=O) groups excluding carboxylic acids is 1. The molecule has 3 aromatic rings. The van der Waals surface area contributed by atoms with Gasteiger partial charge in [0.05, 0.1) is 10.9 Å². The molecule has 27 heavy (non-hydrogen) atoms. The van der Waals surface area contributed by atoms with Gasteiger partial charge in [-0.3, -0.25) is 4.79 Å². The van der Waals surface area contributed by atoms with Crippen LogP contribution in [0.4, 0.5) is 5.82 Å². The van der Waals surface area contributed by atoms with Crippen molar-refractivity contribution in [1.29, 1.82) is 0 Å². The summed E-state index contributed by atoms with van der Waals surface area (Å²) in [5.41, 5.74) is 0.760. The maximum Gasteiger partial charge on any atom is 0.238 e. The standard InChI is InChI=1S/C21H24N4OS/c1-15(27-16-10-6-5-7-11-16)20(26)23-19-14-17(21(2,3)4)24-25(19)18-12-8-9-13-22-18/h5-15H,1-4H3,(H,23,26). The van der Waals surface area contributed by atoms with E-state index in [-0.39, 0.29) is 16.6 Å². The zero-order valence-corrected chi connectivity index (χ0v) is 16.8. The van der Waals surface area contributed by atoms with Crippen LogP contribution in [0.2, 0.25) is 0 Å². The number of hydrogen-bond donors (Lipinski definition) is 1. The molecule has 3 rings (SSSR count).